The first-order valence-corrected chi connectivity index (χ1v) is 4.76. The number of rotatable bonds is 2. The highest BCUT2D eigenvalue weighted by molar-refractivity contribution is 7.07. The maximum atomic E-state index is 11.3. The van der Waals surface area contributed by atoms with Crippen molar-refractivity contribution in [1.29, 1.82) is 0 Å². The maximum absolute atomic E-state index is 11.3. The summed E-state index contributed by atoms with van der Waals surface area (Å²) in [5, 5.41) is 11.1. The van der Waals surface area contributed by atoms with Crippen LogP contribution in [0.15, 0.2) is 10.2 Å². The Morgan fingerprint density at radius 1 is 1.58 bits per heavy atom. The van der Waals surface area contributed by atoms with Crippen LogP contribution in [0, 0.1) is 6.92 Å². The Morgan fingerprint density at radius 3 is 2.50 bits per heavy atom. The minimum absolute atomic E-state index is 0.000833. The fraction of sp³-hybridized carbons (Fsp3) is 0.625. The van der Waals surface area contributed by atoms with Crippen molar-refractivity contribution in [1.82, 2.24) is 4.57 Å². The molecular formula is C8H13NO2S. The molecule has 0 fully saturated rings. The van der Waals surface area contributed by atoms with Gasteiger partial charge in [0.05, 0.1) is 12.1 Å². The third kappa shape index (κ3) is 1.59. The topological polar surface area (TPSA) is 42.2 Å². The van der Waals surface area contributed by atoms with Crippen LogP contribution in [-0.4, -0.2) is 15.8 Å². The van der Waals surface area contributed by atoms with E-state index < -0.39 is 6.10 Å². The summed E-state index contributed by atoms with van der Waals surface area (Å²) in [7, 11) is 0. The van der Waals surface area contributed by atoms with E-state index in [1.54, 1.807) is 16.9 Å². The molecule has 0 bridgehead atoms. The highest BCUT2D eigenvalue weighted by atomic mass is 32.1. The normalized spacial score (nSPS) is 16.0. The van der Waals surface area contributed by atoms with E-state index in [9.17, 15) is 9.90 Å². The molecule has 4 heteroatoms. The second-order valence-electron chi connectivity index (χ2n) is 2.99. The Kier molecular flexibility index (Phi) is 2.69. The zero-order chi connectivity index (χ0) is 9.30. The molecule has 2 unspecified atom stereocenters. The lowest BCUT2D eigenvalue weighted by atomic mass is 10.2. The van der Waals surface area contributed by atoms with Crippen molar-refractivity contribution in [2.75, 3.05) is 0 Å². The van der Waals surface area contributed by atoms with E-state index >= 15 is 0 Å². The minimum atomic E-state index is -0.490. The summed E-state index contributed by atoms with van der Waals surface area (Å²) >= 11 is 1.17. The van der Waals surface area contributed by atoms with Gasteiger partial charge in [-0.1, -0.05) is 11.3 Å². The lowest BCUT2D eigenvalue weighted by Gasteiger charge is -2.16. The van der Waals surface area contributed by atoms with E-state index in [-0.39, 0.29) is 10.9 Å². The molecule has 0 aromatic carbocycles. The monoisotopic (exact) mass is 187 g/mol. The molecule has 2 atom stereocenters. The van der Waals surface area contributed by atoms with Gasteiger partial charge >= 0.3 is 4.87 Å². The van der Waals surface area contributed by atoms with E-state index in [1.165, 1.54) is 11.3 Å². The molecule has 0 saturated carbocycles. The molecule has 1 rings (SSSR count). The fourth-order valence-electron chi connectivity index (χ4n) is 1.10. The van der Waals surface area contributed by atoms with Crippen LogP contribution >= 0.6 is 11.3 Å². The second kappa shape index (κ2) is 3.41. The lowest BCUT2D eigenvalue weighted by molar-refractivity contribution is 0.137. The molecule has 1 aromatic heterocycles. The van der Waals surface area contributed by atoms with E-state index in [1.807, 2.05) is 13.8 Å². The zero-order valence-electron chi connectivity index (χ0n) is 7.44. The summed E-state index contributed by atoms with van der Waals surface area (Å²) < 4.78 is 1.62. The zero-order valence-corrected chi connectivity index (χ0v) is 8.26. The SMILES string of the molecule is Cc1csc(=O)n1C(C)C(C)O. The molecule has 0 aliphatic heterocycles. The molecule has 0 amide bonds. The van der Waals surface area contributed by atoms with E-state index in [0.717, 1.165) is 5.69 Å². The first-order valence-electron chi connectivity index (χ1n) is 3.88. The van der Waals surface area contributed by atoms with Crippen molar-refractivity contribution in [3.05, 3.63) is 20.7 Å². The lowest BCUT2D eigenvalue weighted by Crippen LogP contribution is -2.26. The molecule has 12 heavy (non-hydrogen) atoms. The predicted molar refractivity (Wildman–Crippen MR) is 49.7 cm³/mol. The summed E-state index contributed by atoms with van der Waals surface area (Å²) in [5.41, 5.74) is 0.915. The van der Waals surface area contributed by atoms with Gasteiger partial charge < -0.3 is 5.11 Å². The Morgan fingerprint density at radius 2 is 2.17 bits per heavy atom. The van der Waals surface area contributed by atoms with Crippen molar-refractivity contribution < 1.29 is 5.11 Å². The largest absolute Gasteiger partial charge is 0.391 e. The van der Waals surface area contributed by atoms with Crippen LogP contribution in [0.2, 0.25) is 0 Å². The summed E-state index contributed by atoms with van der Waals surface area (Å²) in [4.78, 5) is 11.3. The van der Waals surface area contributed by atoms with Crippen LogP contribution in [0.5, 0.6) is 0 Å². The predicted octanol–water partition coefficient (Wildman–Crippen LogP) is 1.16. The van der Waals surface area contributed by atoms with Gasteiger partial charge in [0.1, 0.15) is 0 Å². The highest BCUT2D eigenvalue weighted by Gasteiger charge is 2.14. The van der Waals surface area contributed by atoms with Gasteiger partial charge in [-0.15, -0.1) is 0 Å². The summed E-state index contributed by atoms with van der Waals surface area (Å²) in [6.45, 7) is 5.40. The number of aliphatic hydroxyl groups excluding tert-OH is 1. The number of thiazole rings is 1. The standard InChI is InChI=1S/C8H13NO2S/c1-5-4-12-8(11)9(5)6(2)7(3)10/h4,6-7,10H,1-3H3. The minimum Gasteiger partial charge on any atom is -0.391 e. The number of aryl methyl sites for hydroxylation is 1. The van der Waals surface area contributed by atoms with Crippen molar-refractivity contribution in [2.24, 2.45) is 0 Å². The van der Waals surface area contributed by atoms with Crippen molar-refractivity contribution in [3.63, 3.8) is 0 Å². The Bertz CT molecular complexity index is 313. The first kappa shape index (κ1) is 9.48. The maximum Gasteiger partial charge on any atom is 0.307 e. The molecule has 3 nitrogen and oxygen atoms in total. The van der Waals surface area contributed by atoms with Gasteiger partial charge in [0.2, 0.25) is 0 Å². The van der Waals surface area contributed by atoms with Gasteiger partial charge in [-0.05, 0) is 20.8 Å². The number of hydrogen-bond donors (Lipinski definition) is 1. The van der Waals surface area contributed by atoms with Gasteiger partial charge in [0.25, 0.3) is 0 Å². The van der Waals surface area contributed by atoms with Crippen molar-refractivity contribution in [2.45, 2.75) is 32.9 Å². The van der Waals surface area contributed by atoms with Crippen LogP contribution in [0.1, 0.15) is 25.6 Å². The number of hydrogen-bond acceptors (Lipinski definition) is 3. The van der Waals surface area contributed by atoms with Crippen LogP contribution in [-0.2, 0) is 0 Å². The number of aromatic nitrogens is 1. The van der Waals surface area contributed by atoms with Gasteiger partial charge in [-0.3, -0.25) is 9.36 Å². The van der Waals surface area contributed by atoms with Crippen LogP contribution < -0.4 is 4.87 Å². The van der Waals surface area contributed by atoms with Crippen molar-refractivity contribution in [3.8, 4) is 0 Å². The molecule has 1 heterocycles. The summed E-state index contributed by atoms with van der Waals surface area (Å²) in [5.74, 6) is 0. The molecule has 1 N–H and O–H groups in total. The first-order chi connectivity index (χ1) is 5.54. The van der Waals surface area contributed by atoms with E-state index in [0.29, 0.717) is 0 Å². The van der Waals surface area contributed by atoms with Gasteiger partial charge in [0.15, 0.2) is 0 Å². The molecule has 1 aromatic rings. The molecule has 0 saturated heterocycles. The summed E-state index contributed by atoms with van der Waals surface area (Å²) in [6.07, 6.45) is -0.490. The molecular weight excluding hydrogens is 174 g/mol. The molecule has 0 aliphatic rings. The third-order valence-electron chi connectivity index (χ3n) is 2.01. The van der Waals surface area contributed by atoms with E-state index in [4.69, 9.17) is 0 Å². The number of aliphatic hydroxyl groups is 1. The summed E-state index contributed by atoms with van der Waals surface area (Å²) in [6, 6.07) is -0.135. The average molecular weight is 187 g/mol. The Labute approximate surface area is 75.3 Å². The molecule has 0 spiro atoms. The third-order valence-corrected chi connectivity index (χ3v) is 2.87. The highest BCUT2D eigenvalue weighted by Crippen LogP contribution is 2.12. The van der Waals surface area contributed by atoms with Crippen LogP contribution in [0.3, 0.4) is 0 Å². The quantitative estimate of drug-likeness (QED) is 0.755. The number of nitrogens with zero attached hydrogens (tertiary/aromatic N) is 1. The Balaban J connectivity index is 3.09. The van der Waals surface area contributed by atoms with Crippen LogP contribution in [0.25, 0.3) is 0 Å². The van der Waals surface area contributed by atoms with Crippen molar-refractivity contribution >= 4 is 11.3 Å². The molecule has 68 valence electrons. The smallest absolute Gasteiger partial charge is 0.307 e. The van der Waals surface area contributed by atoms with Gasteiger partial charge in [-0.25, -0.2) is 0 Å². The fourth-order valence-corrected chi connectivity index (χ4v) is 1.91. The van der Waals surface area contributed by atoms with Crippen LogP contribution in [0.4, 0.5) is 0 Å². The second-order valence-corrected chi connectivity index (χ2v) is 3.81. The van der Waals surface area contributed by atoms with Gasteiger partial charge in [-0.2, -0.15) is 0 Å². The van der Waals surface area contributed by atoms with E-state index in [2.05, 4.69) is 0 Å². The van der Waals surface area contributed by atoms with Gasteiger partial charge in [0, 0.05) is 11.1 Å². The Hall–Kier alpha value is -0.610. The molecule has 0 radical (unpaired) electrons. The molecule has 0 aliphatic carbocycles. The average Bonchev–Trinajstić information content (AvgIpc) is 2.30.